The molecule has 11 heteroatoms. The molecule has 5 saturated heterocycles. The number of terminal acetylenes is 1. The first-order chi connectivity index (χ1) is 20.9. The number of anilines is 1. The van der Waals surface area contributed by atoms with E-state index in [2.05, 4.69) is 26.0 Å². The Bertz CT molecular complexity index is 1780. The fourth-order valence-electron chi connectivity index (χ4n) is 7.82. The Morgan fingerprint density at radius 1 is 1.21 bits per heavy atom. The number of piperidine rings is 2. The molecule has 9 nitrogen and oxygen atoms in total. The highest BCUT2D eigenvalue weighted by Crippen LogP contribution is 2.41. The number of fused-ring (bicyclic) bond motifs is 6. The van der Waals surface area contributed by atoms with Crippen LogP contribution in [0, 0.1) is 18.2 Å². The summed E-state index contributed by atoms with van der Waals surface area (Å²) in [6.45, 7) is 3.57. The zero-order valence-electron chi connectivity index (χ0n) is 23.8. The standard InChI is InChI=1S/C32H33F2N7O2/c1-2-25-26(34)7-4-19-10-24(42)11-20(27(19)25)14-39-18-36-28-29(39)37-31(41-16-22-5-6-23(41)13-35-22)38-30(28)43-17-32-8-3-9-40(32)15-21(33)12-32/h1,4,7,10-11,18,21-23,35,42H,3,5-6,8-9,12-17H2/t21-,22?,23?,32+/m1/s1. The van der Waals surface area contributed by atoms with Crippen molar-refractivity contribution < 1.29 is 18.6 Å². The summed E-state index contributed by atoms with van der Waals surface area (Å²) in [6, 6.07) is 6.76. The summed E-state index contributed by atoms with van der Waals surface area (Å²) in [5.74, 6) is 3.01. The molecule has 222 valence electrons. The lowest BCUT2D eigenvalue weighted by molar-refractivity contribution is 0.111. The molecule has 2 aromatic carbocycles. The Morgan fingerprint density at radius 3 is 2.91 bits per heavy atom. The maximum Gasteiger partial charge on any atom is 0.247 e. The van der Waals surface area contributed by atoms with Crippen LogP contribution in [0.1, 0.15) is 43.2 Å². The van der Waals surface area contributed by atoms with E-state index < -0.39 is 12.0 Å². The van der Waals surface area contributed by atoms with Crippen molar-refractivity contribution in [1.82, 2.24) is 29.7 Å². The van der Waals surface area contributed by atoms with Crippen molar-refractivity contribution in [2.45, 2.75) is 62.4 Å². The van der Waals surface area contributed by atoms with Gasteiger partial charge < -0.3 is 24.6 Å². The van der Waals surface area contributed by atoms with E-state index in [0.29, 0.717) is 64.9 Å². The molecular weight excluding hydrogens is 552 g/mol. The van der Waals surface area contributed by atoms with Gasteiger partial charge in [-0.25, -0.2) is 13.8 Å². The summed E-state index contributed by atoms with van der Waals surface area (Å²) in [5, 5.41) is 15.3. The van der Waals surface area contributed by atoms with Crippen molar-refractivity contribution in [1.29, 1.82) is 0 Å². The number of nitrogens with one attached hydrogen (secondary N) is 1. The summed E-state index contributed by atoms with van der Waals surface area (Å²) in [6.07, 6.45) is 11.1. The third-order valence-corrected chi connectivity index (χ3v) is 9.88. The summed E-state index contributed by atoms with van der Waals surface area (Å²) in [5.41, 5.74) is 1.54. The van der Waals surface area contributed by atoms with Crippen LogP contribution in [0.25, 0.3) is 21.9 Å². The van der Waals surface area contributed by atoms with Crippen LogP contribution in [0.5, 0.6) is 11.6 Å². The molecule has 43 heavy (non-hydrogen) atoms. The molecule has 0 radical (unpaired) electrons. The first-order valence-electron chi connectivity index (χ1n) is 15.1. The number of piperazine rings is 1. The molecule has 2 bridgehead atoms. The molecule has 5 aliphatic rings. The summed E-state index contributed by atoms with van der Waals surface area (Å²) >= 11 is 0. The van der Waals surface area contributed by atoms with Crippen LogP contribution in [-0.2, 0) is 6.54 Å². The van der Waals surface area contributed by atoms with Crippen molar-refractivity contribution >= 4 is 27.9 Å². The van der Waals surface area contributed by atoms with Crippen molar-refractivity contribution in [3.8, 4) is 24.0 Å². The fraction of sp³-hybridized carbons (Fsp3) is 0.469. The molecule has 5 fully saturated rings. The molecule has 0 saturated carbocycles. The van der Waals surface area contributed by atoms with Gasteiger partial charge in [-0.05, 0) is 61.4 Å². The Kier molecular flexibility index (Phi) is 6.21. The van der Waals surface area contributed by atoms with Crippen molar-refractivity contribution in [3.05, 3.63) is 47.5 Å². The Hall–Kier alpha value is -4.01. The predicted molar refractivity (Wildman–Crippen MR) is 159 cm³/mol. The number of benzene rings is 2. The monoisotopic (exact) mass is 585 g/mol. The third-order valence-electron chi connectivity index (χ3n) is 9.88. The number of halogens is 2. The molecule has 0 spiro atoms. The Balaban J connectivity index is 1.22. The van der Waals surface area contributed by atoms with Crippen LogP contribution >= 0.6 is 0 Å². The van der Waals surface area contributed by atoms with Gasteiger partial charge in [-0.1, -0.05) is 12.0 Å². The van der Waals surface area contributed by atoms with E-state index >= 15 is 0 Å². The molecule has 2 aromatic heterocycles. The Labute approximate surface area is 247 Å². The lowest BCUT2D eigenvalue weighted by atomic mass is 9.93. The normalized spacial score (nSPS) is 26.8. The van der Waals surface area contributed by atoms with Crippen LogP contribution in [0.2, 0.25) is 0 Å². The van der Waals surface area contributed by atoms with Gasteiger partial charge in [-0.15, -0.1) is 6.42 Å². The summed E-state index contributed by atoms with van der Waals surface area (Å²) in [7, 11) is 0. The van der Waals surface area contributed by atoms with Crippen LogP contribution in [0.4, 0.5) is 14.7 Å². The maximum atomic E-state index is 14.7. The second-order valence-electron chi connectivity index (χ2n) is 12.5. The maximum absolute atomic E-state index is 14.7. The van der Waals surface area contributed by atoms with Crippen molar-refractivity contribution in [2.24, 2.45) is 0 Å². The molecule has 2 unspecified atom stereocenters. The number of phenolic OH excluding ortho intramolecular Hbond substituents is 1. The van der Waals surface area contributed by atoms with Crippen LogP contribution < -0.4 is 15.0 Å². The first-order valence-corrected chi connectivity index (χ1v) is 15.1. The average molecular weight is 586 g/mol. The fourth-order valence-corrected chi connectivity index (χ4v) is 7.82. The largest absolute Gasteiger partial charge is 0.508 e. The number of hydrogen-bond acceptors (Lipinski definition) is 8. The zero-order valence-corrected chi connectivity index (χ0v) is 23.8. The highest BCUT2D eigenvalue weighted by molar-refractivity contribution is 5.92. The van der Waals surface area contributed by atoms with Crippen LogP contribution in [0.3, 0.4) is 0 Å². The quantitative estimate of drug-likeness (QED) is 0.331. The predicted octanol–water partition coefficient (Wildman–Crippen LogP) is 3.75. The number of alkyl halides is 1. The number of imidazole rings is 1. The topological polar surface area (TPSA) is 91.6 Å². The van der Waals surface area contributed by atoms with E-state index in [4.69, 9.17) is 21.1 Å². The first kappa shape index (κ1) is 26.6. The molecule has 5 aliphatic heterocycles. The van der Waals surface area contributed by atoms with E-state index in [9.17, 15) is 13.9 Å². The van der Waals surface area contributed by atoms with E-state index in [1.54, 1.807) is 24.5 Å². The van der Waals surface area contributed by atoms with Crippen LogP contribution in [-0.4, -0.2) is 86.1 Å². The highest BCUT2D eigenvalue weighted by atomic mass is 19.1. The number of ether oxygens (including phenoxy) is 1. The molecule has 4 aromatic rings. The molecular formula is C32H33F2N7O2. The lowest BCUT2D eigenvalue weighted by Crippen LogP contribution is -2.61. The van der Waals surface area contributed by atoms with Gasteiger partial charge >= 0.3 is 0 Å². The second-order valence-corrected chi connectivity index (χ2v) is 12.5. The lowest BCUT2D eigenvalue weighted by Gasteiger charge is -2.45. The SMILES string of the molecule is C#Cc1c(F)ccc2cc(O)cc(Cn3cnc4c(OC[C@@]56CCCN5C[C@H](F)C6)nc(N5CC6CCC5CN6)nc43)c12. The zero-order chi connectivity index (χ0) is 29.3. The molecule has 0 amide bonds. The van der Waals surface area contributed by atoms with Gasteiger partial charge in [-0.2, -0.15) is 9.97 Å². The van der Waals surface area contributed by atoms with Crippen molar-refractivity contribution in [2.75, 3.05) is 37.7 Å². The number of aromatic hydroxyl groups is 1. The number of nitrogens with zero attached hydrogens (tertiary/aromatic N) is 6. The summed E-state index contributed by atoms with van der Waals surface area (Å²) in [4.78, 5) is 19.1. The number of phenols is 1. The van der Waals surface area contributed by atoms with Gasteiger partial charge in [0.2, 0.25) is 11.8 Å². The summed E-state index contributed by atoms with van der Waals surface area (Å²) < 4.78 is 37.6. The minimum Gasteiger partial charge on any atom is -0.508 e. The van der Waals surface area contributed by atoms with Crippen LogP contribution in [0.15, 0.2) is 30.6 Å². The number of rotatable bonds is 6. The average Bonchev–Trinajstić information content (AvgIpc) is 3.68. The van der Waals surface area contributed by atoms with E-state index in [1.807, 2.05) is 4.57 Å². The van der Waals surface area contributed by atoms with Gasteiger partial charge in [0.15, 0.2) is 11.2 Å². The van der Waals surface area contributed by atoms with Gasteiger partial charge in [-0.3, -0.25) is 4.90 Å². The second kappa shape index (κ2) is 10.0. The Morgan fingerprint density at radius 2 is 2.12 bits per heavy atom. The molecule has 4 atom stereocenters. The molecule has 0 aliphatic carbocycles. The van der Waals surface area contributed by atoms with Crippen molar-refractivity contribution in [3.63, 3.8) is 0 Å². The third kappa shape index (κ3) is 4.38. The van der Waals surface area contributed by atoms with E-state index in [-0.39, 0.29) is 29.4 Å². The van der Waals surface area contributed by atoms with Gasteiger partial charge in [0.25, 0.3) is 0 Å². The van der Waals surface area contributed by atoms with Gasteiger partial charge in [0.05, 0.1) is 24.0 Å². The number of hydrogen-bond donors (Lipinski definition) is 2. The van der Waals surface area contributed by atoms with E-state index in [1.165, 1.54) is 6.07 Å². The molecule has 2 N–H and O–H groups in total. The molecule has 9 rings (SSSR count). The van der Waals surface area contributed by atoms with E-state index in [0.717, 1.165) is 45.3 Å². The minimum atomic E-state index is -0.852. The smallest absolute Gasteiger partial charge is 0.247 e. The minimum absolute atomic E-state index is 0.0563. The van der Waals surface area contributed by atoms with Gasteiger partial charge in [0.1, 0.15) is 24.3 Å². The van der Waals surface area contributed by atoms with Gasteiger partial charge in [0, 0.05) is 43.5 Å². The number of aromatic nitrogens is 4. The highest BCUT2D eigenvalue weighted by Gasteiger charge is 2.49. The molecule has 7 heterocycles.